The molecule has 1 aromatic rings. The number of carbonyl (C=O) groups excluding carboxylic acids is 1. The molecule has 0 bridgehead atoms. The zero-order valence-corrected chi connectivity index (χ0v) is 9.88. The van der Waals surface area contributed by atoms with E-state index in [-0.39, 0.29) is 17.9 Å². The van der Waals surface area contributed by atoms with Crippen LogP contribution in [0.25, 0.3) is 0 Å². The highest BCUT2D eigenvalue weighted by Gasteiger charge is 2.41. The van der Waals surface area contributed by atoms with Gasteiger partial charge in [-0.05, 0) is 30.4 Å². The second kappa shape index (κ2) is 3.94. The number of nitrogens with zero attached hydrogens (tertiary/aromatic N) is 1. The van der Waals surface area contributed by atoms with Gasteiger partial charge in [0, 0.05) is 18.0 Å². The molecule has 2 rings (SSSR count). The molecule has 1 heterocycles. The van der Waals surface area contributed by atoms with Crippen LogP contribution in [0.1, 0.15) is 16.9 Å². The highest BCUT2D eigenvalue weighted by molar-refractivity contribution is 7.10. The van der Waals surface area contributed by atoms with E-state index >= 15 is 0 Å². The van der Waals surface area contributed by atoms with E-state index in [1.807, 2.05) is 7.05 Å². The van der Waals surface area contributed by atoms with Crippen molar-refractivity contribution in [1.82, 2.24) is 4.90 Å². The third kappa shape index (κ3) is 2.21. The van der Waals surface area contributed by atoms with Crippen LogP contribution in [0.2, 0.25) is 0 Å². The van der Waals surface area contributed by atoms with Crippen LogP contribution in [0.4, 0.5) is 0 Å². The summed E-state index contributed by atoms with van der Waals surface area (Å²) in [5.74, 6) is 0.269. The normalized spacial score (nSPS) is 23.9. The lowest BCUT2D eigenvalue weighted by Gasteiger charge is -2.16. The molecule has 1 aromatic heterocycles. The van der Waals surface area contributed by atoms with E-state index < -0.39 is 0 Å². The van der Waals surface area contributed by atoms with Crippen molar-refractivity contribution in [3.8, 4) is 0 Å². The maximum atomic E-state index is 11.8. The van der Waals surface area contributed by atoms with Crippen LogP contribution in [0.3, 0.4) is 0 Å². The van der Waals surface area contributed by atoms with Crippen molar-refractivity contribution in [1.29, 1.82) is 0 Å². The third-order valence-electron chi connectivity index (χ3n) is 2.88. The van der Waals surface area contributed by atoms with Gasteiger partial charge in [0.25, 0.3) is 0 Å². The fourth-order valence-corrected chi connectivity index (χ4v) is 2.60. The van der Waals surface area contributed by atoms with E-state index in [2.05, 4.69) is 18.4 Å². The maximum absolute atomic E-state index is 11.8. The number of aryl methyl sites for hydroxylation is 1. The minimum Gasteiger partial charge on any atom is -0.340 e. The summed E-state index contributed by atoms with van der Waals surface area (Å²) in [6.07, 6.45) is 0.854. The van der Waals surface area contributed by atoms with Crippen LogP contribution in [-0.4, -0.2) is 23.9 Å². The number of thiophene rings is 1. The molecule has 1 amide bonds. The van der Waals surface area contributed by atoms with Gasteiger partial charge in [-0.3, -0.25) is 4.79 Å². The molecular formula is C11H16N2OS. The lowest BCUT2D eigenvalue weighted by molar-refractivity contribution is -0.131. The second-order valence-electron chi connectivity index (χ2n) is 4.23. The Morgan fingerprint density at radius 3 is 2.87 bits per heavy atom. The fraction of sp³-hybridized carbons (Fsp3) is 0.545. The number of hydrogen-bond donors (Lipinski definition) is 1. The Labute approximate surface area is 93.9 Å². The van der Waals surface area contributed by atoms with Crippen LogP contribution in [-0.2, 0) is 11.3 Å². The molecule has 1 saturated carbocycles. The molecule has 2 unspecified atom stereocenters. The van der Waals surface area contributed by atoms with Crippen molar-refractivity contribution in [2.45, 2.75) is 25.9 Å². The van der Waals surface area contributed by atoms with E-state index in [4.69, 9.17) is 5.73 Å². The van der Waals surface area contributed by atoms with Crippen LogP contribution < -0.4 is 5.73 Å². The molecular weight excluding hydrogens is 208 g/mol. The molecule has 1 fully saturated rings. The maximum Gasteiger partial charge on any atom is 0.227 e. The van der Waals surface area contributed by atoms with Gasteiger partial charge in [-0.15, -0.1) is 11.3 Å². The predicted octanol–water partition coefficient (Wildman–Crippen LogP) is 1.36. The first kappa shape index (κ1) is 10.6. The Hall–Kier alpha value is -0.870. The van der Waals surface area contributed by atoms with Crippen molar-refractivity contribution in [3.05, 3.63) is 21.9 Å². The standard InChI is InChI=1S/C11H16N2OS/c1-7-3-4-15-10(7)6-13(2)11(14)8-5-9(8)12/h3-4,8-9H,5-6,12H2,1-2H3. The molecule has 0 saturated heterocycles. The first-order valence-corrected chi connectivity index (χ1v) is 6.01. The zero-order valence-electron chi connectivity index (χ0n) is 9.06. The Kier molecular flexibility index (Phi) is 2.80. The molecule has 0 radical (unpaired) electrons. The summed E-state index contributed by atoms with van der Waals surface area (Å²) in [6.45, 7) is 2.79. The van der Waals surface area contributed by atoms with Gasteiger partial charge in [0.2, 0.25) is 5.91 Å². The highest BCUT2D eigenvalue weighted by atomic mass is 32.1. The van der Waals surface area contributed by atoms with E-state index in [0.29, 0.717) is 6.54 Å². The molecule has 0 spiro atoms. The number of rotatable bonds is 3. The highest BCUT2D eigenvalue weighted by Crippen LogP contribution is 2.30. The minimum absolute atomic E-state index is 0.0790. The van der Waals surface area contributed by atoms with Crippen molar-refractivity contribution in [3.63, 3.8) is 0 Å². The SMILES string of the molecule is Cc1ccsc1CN(C)C(=O)C1CC1N. The van der Waals surface area contributed by atoms with E-state index in [0.717, 1.165) is 6.42 Å². The van der Waals surface area contributed by atoms with Gasteiger partial charge in [0.1, 0.15) is 0 Å². The monoisotopic (exact) mass is 224 g/mol. The van der Waals surface area contributed by atoms with Crippen molar-refractivity contribution < 1.29 is 4.79 Å². The Morgan fingerprint density at radius 2 is 2.40 bits per heavy atom. The lowest BCUT2D eigenvalue weighted by Crippen LogP contribution is -2.29. The summed E-state index contributed by atoms with van der Waals surface area (Å²) in [7, 11) is 1.85. The summed E-state index contributed by atoms with van der Waals surface area (Å²) in [4.78, 5) is 14.9. The van der Waals surface area contributed by atoms with Gasteiger partial charge in [0.05, 0.1) is 12.5 Å². The largest absolute Gasteiger partial charge is 0.340 e. The molecule has 0 aromatic carbocycles. The fourth-order valence-electron chi connectivity index (χ4n) is 1.64. The van der Waals surface area contributed by atoms with Gasteiger partial charge >= 0.3 is 0 Å². The summed E-state index contributed by atoms with van der Waals surface area (Å²) in [5.41, 5.74) is 6.93. The number of amides is 1. The van der Waals surface area contributed by atoms with Crippen molar-refractivity contribution in [2.24, 2.45) is 11.7 Å². The van der Waals surface area contributed by atoms with Crippen LogP contribution in [0, 0.1) is 12.8 Å². The zero-order chi connectivity index (χ0) is 11.0. The van der Waals surface area contributed by atoms with Gasteiger partial charge < -0.3 is 10.6 Å². The number of nitrogens with two attached hydrogens (primary N) is 1. The molecule has 1 aliphatic rings. The molecule has 3 nitrogen and oxygen atoms in total. The lowest BCUT2D eigenvalue weighted by atomic mass is 10.2. The molecule has 82 valence electrons. The summed E-state index contributed by atoms with van der Waals surface area (Å²) in [5, 5.41) is 2.06. The molecule has 0 aliphatic heterocycles. The number of carbonyl (C=O) groups is 1. The van der Waals surface area contributed by atoms with Gasteiger partial charge in [-0.1, -0.05) is 0 Å². The predicted molar refractivity (Wildman–Crippen MR) is 61.6 cm³/mol. The molecule has 15 heavy (non-hydrogen) atoms. The van der Waals surface area contributed by atoms with E-state index in [1.54, 1.807) is 16.2 Å². The average Bonchev–Trinajstić information content (AvgIpc) is 2.79. The first-order chi connectivity index (χ1) is 7.09. The average molecular weight is 224 g/mol. The molecule has 1 aliphatic carbocycles. The third-order valence-corrected chi connectivity index (χ3v) is 3.89. The van der Waals surface area contributed by atoms with Crippen LogP contribution >= 0.6 is 11.3 Å². The Balaban J connectivity index is 1.95. The molecule has 2 atom stereocenters. The second-order valence-corrected chi connectivity index (χ2v) is 5.23. The smallest absolute Gasteiger partial charge is 0.227 e. The van der Waals surface area contributed by atoms with Gasteiger partial charge in [-0.2, -0.15) is 0 Å². The summed E-state index contributed by atoms with van der Waals surface area (Å²) < 4.78 is 0. The number of hydrogen-bond acceptors (Lipinski definition) is 3. The van der Waals surface area contributed by atoms with Crippen molar-refractivity contribution in [2.75, 3.05) is 7.05 Å². The first-order valence-electron chi connectivity index (χ1n) is 5.13. The van der Waals surface area contributed by atoms with E-state index in [9.17, 15) is 4.79 Å². The quantitative estimate of drug-likeness (QED) is 0.842. The summed E-state index contributed by atoms with van der Waals surface area (Å²) in [6, 6.07) is 2.19. The topological polar surface area (TPSA) is 46.3 Å². The van der Waals surface area contributed by atoms with Crippen LogP contribution in [0.5, 0.6) is 0 Å². The summed E-state index contributed by atoms with van der Waals surface area (Å²) >= 11 is 1.70. The minimum atomic E-state index is 0.0790. The Bertz CT molecular complexity index is 374. The van der Waals surface area contributed by atoms with Crippen molar-refractivity contribution >= 4 is 17.2 Å². The molecule has 2 N–H and O–H groups in total. The van der Waals surface area contributed by atoms with E-state index in [1.165, 1.54) is 10.4 Å². The van der Waals surface area contributed by atoms with Gasteiger partial charge in [-0.25, -0.2) is 0 Å². The molecule has 4 heteroatoms. The van der Waals surface area contributed by atoms with Crippen LogP contribution in [0.15, 0.2) is 11.4 Å². The Morgan fingerprint density at radius 1 is 1.73 bits per heavy atom. The van der Waals surface area contributed by atoms with Gasteiger partial charge in [0.15, 0.2) is 0 Å².